The molecule has 3 radical (unpaired) electrons. The third kappa shape index (κ3) is 23.1. The fourth-order valence-electron chi connectivity index (χ4n) is 18.4. The predicted octanol–water partition coefficient (Wildman–Crippen LogP) is 17.5. The van der Waals surface area contributed by atoms with E-state index in [4.69, 9.17) is 40.0 Å². The van der Waals surface area contributed by atoms with Gasteiger partial charge in [0.05, 0.1) is 52.9 Å². The van der Waals surface area contributed by atoms with Crippen LogP contribution in [0.1, 0.15) is 216 Å². The third-order valence-electron chi connectivity index (χ3n) is 26.6. The van der Waals surface area contributed by atoms with Gasteiger partial charge in [0.2, 0.25) is 35.4 Å². The zero-order valence-corrected chi connectivity index (χ0v) is 79.6. The Bertz CT molecular complexity index is 5170. The van der Waals surface area contributed by atoms with Crippen molar-refractivity contribution in [2.75, 3.05) is 19.6 Å². The Morgan fingerprint density at radius 2 is 0.798 bits per heavy atom. The van der Waals surface area contributed by atoms with Crippen molar-refractivity contribution < 1.29 is 162 Å². The first-order chi connectivity index (χ1) is 59.1. The zero-order valence-electron chi connectivity index (χ0n) is 74.7. The molecule has 3 aromatic heterocycles. The number of nitrogens with one attached hydrogen (secondary N) is 3. The van der Waals surface area contributed by atoms with Crippen LogP contribution in [0.4, 0.5) is 49.5 Å². The summed E-state index contributed by atoms with van der Waals surface area (Å²) in [5, 5.41) is 9.74. The minimum absolute atomic E-state index is 0. The Labute approximate surface area is 786 Å². The molecule has 6 amide bonds. The number of alkyl halides is 6. The number of alkyl carbamates (subject to hydrolysis) is 3. The molecule has 699 valence electrons. The zero-order chi connectivity index (χ0) is 91.6. The molecule has 6 bridgehead atoms. The number of hydrogen-bond donors (Lipinski definition) is 3. The number of aromatic nitrogens is 3. The molecule has 36 heteroatoms. The summed E-state index contributed by atoms with van der Waals surface area (Å²) < 4.78 is 158. The Balaban J connectivity index is 0.000000199. The van der Waals surface area contributed by atoms with Crippen LogP contribution in [0.5, 0.6) is 17.6 Å². The molecule has 15 rings (SSSR count). The smallest absolute Gasteiger partial charge is 0.408 e. The van der Waals surface area contributed by atoms with Crippen molar-refractivity contribution >= 4 is 99.2 Å². The number of fused-ring (bicyclic) bond motifs is 15. The van der Waals surface area contributed by atoms with E-state index in [-0.39, 0.29) is 153 Å². The van der Waals surface area contributed by atoms with Crippen LogP contribution in [0.25, 0.3) is 32.7 Å². The first-order valence-corrected chi connectivity index (χ1v) is 43.9. The molecule has 3 aliphatic carbocycles. The maximum atomic E-state index is 15.9. The van der Waals surface area contributed by atoms with E-state index in [0.717, 1.165) is 12.1 Å². The average molecular weight is 1940 g/mol. The van der Waals surface area contributed by atoms with Crippen LogP contribution < -0.4 is 30.2 Å². The number of nitrogens with zero attached hydrogens (tertiary/aromatic N) is 6. The maximum absolute atomic E-state index is 15.9. The van der Waals surface area contributed by atoms with Gasteiger partial charge in [0.1, 0.15) is 65.4 Å². The van der Waals surface area contributed by atoms with Gasteiger partial charge in [0.25, 0.3) is 17.8 Å². The first kappa shape index (κ1) is 103. The van der Waals surface area contributed by atoms with Crippen LogP contribution in [-0.4, -0.2) is 176 Å². The molecule has 6 aromatic rings. The van der Waals surface area contributed by atoms with Gasteiger partial charge in [-0.05, 0) is 166 Å². The van der Waals surface area contributed by atoms with Crippen molar-refractivity contribution in [2.24, 2.45) is 51.8 Å². The van der Waals surface area contributed by atoms with Crippen LogP contribution in [0.3, 0.4) is 0 Å². The second-order valence-corrected chi connectivity index (χ2v) is 39.7. The second-order valence-electron chi connectivity index (χ2n) is 39.3. The monoisotopic (exact) mass is 1930 g/mol. The van der Waals surface area contributed by atoms with E-state index in [1.165, 1.54) is 57.2 Å². The van der Waals surface area contributed by atoms with Crippen LogP contribution >= 0.6 is 11.6 Å². The van der Waals surface area contributed by atoms with E-state index in [2.05, 4.69) is 30.9 Å². The Kier molecular flexibility index (Phi) is 32.0. The quantitative estimate of drug-likeness (QED) is 0.0839. The average Bonchev–Trinajstić information content (AvgIpc) is 1.56. The molecule has 3 saturated carbocycles. The van der Waals surface area contributed by atoms with Crippen molar-refractivity contribution in [2.45, 2.75) is 289 Å². The van der Waals surface area contributed by atoms with Gasteiger partial charge < -0.3 is 73.5 Å². The van der Waals surface area contributed by atoms with Gasteiger partial charge in [-0.25, -0.2) is 83.3 Å². The molecule has 6 fully saturated rings. The van der Waals surface area contributed by atoms with E-state index in [1.54, 1.807) is 115 Å². The first-order valence-electron chi connectivity index (χ1n) is 43.5. The van der Waals surface area contributed by atoms with Gasteiger partial charge in [0.15, 0.2) is 0 Å². The summed E-state index contributed by atoms with van der Waals surface area (Å²) in [4.78, 5) is 134. The number of rotatable bonds is 4. The Hall–Kier alpha value is -8.00. The molecule has 18 atom stereocenters. The summed E-state index contributed by atoms with van der Waals surface area (Å²) >= 11 is 6.15. The molecule has 0 spiro atoms. The molecule has 3 saturated heterocycles. The van der Waals surface area contributed by atoms with Crippen LogP contribution in [0.15, 0.2) is 72.8 Å². The van der Waals surface area contributed by atoms with Gasteiger partial charge in [-0.15, -0.1) is 0 Å². The summed E-state index contributed by atoms with van der Waals surface area (Å²) in [6.07, 6.45) is 5.61. The number of halogens is 9. The van der Waals surface area contributed by atoms with E-state index >= 15 is 26.3 Å². The molecule has 3 aromatic carbocycles. The van der Waals surface area contributed by atoms with Crippen molar-refractivity contribution in [1.82, 2.24) is 45.6 Å². The SMILES string of the molecule is CC[C@@H]1[C@@H]2CN(C(=O)[C@H](C(C)(C)C)NC(=O)O[C@]3(C)C[C@H]3CCCCC(F)(F)c3cc4ccc(F)cc4nc3O2)[C@@H]1[C-]=O.C[C@@H]1[C@@H]2CN(C(=O)[C@H](C(C)(C)C)NC(=O)O[C@@H]3C[C@H]3CCCCC(F)(F)c3cc4ccc(Cl)cc4nc3O2)[C@@H]1[C-]=O.C[C@@H]1[C@@H]2CN(C(=O)[C@H](C(C)(C)C)NC(=O)O[C@]3(C)C[C@H]3CCCCC(F)(F)c3cc4ccc(F)cc4nc3O2)[C@@H]1[C-]=O.[V].[V].[V]. The summed E-state index contributed by atoms with van der Waals surface area (Å²) in [7, 11) is 0. The summed E-state index contributed by atoms with van der Waals surface area (Å²) in [6, 6.07) is 10.0. The van der Waals surface area contributed by atoms with Gasteiger partial charge in [0, 0.05) is 120 Å². The van der Waals surface area contributed by atoms with Gasteiger partial charge >= 0.3 is 18.3 Å². The summed E-state index contributed by atoms with van der Waals surface area (Å²) in [6.45, 7) is 24.6. The number of pyridine rings is 3. The molecule has 3 N–H and O–H groups in total. The number of carbonyl (C=O) groups is 6. The Morgan fingerprint density at radius 3 is 1.17 bits per heavy atom. The maximum Gasteiger partial charge on any atom is 0.408 e. The van der Waals surface area contributed by atoms with Gasteiger partial charge in [-0.1, -0.05) is 145 Å². The third-order valence-corrected chi connectivity index (χ3v) is 26.8. The number of benzene rings is 3. The summed E-state index contributed by atoms with van der Waals surface area (Å²) in [5.41, 5.74) is -4.21. The number of ether oxygens (including phenoxy) is 6. The van der Waals surface area contributed by atoms with Crippen molar-refractivity contribution in [1.29, 1.82) is 0 Å². The van der Waals surface area contributed by atoms with E-state index in [9.17, 15) is 51.9 Å². The van der Waals surface area contributed by atoms with E-state index < -0.39 is 196 Å². The fraction of sp³-hybridized carbons (Fsp3) is 0.613. The number of carbonyl (C=O) groups excluding carboxylic acids is 9. The Morgan fingerprint density at radius 1 is 0.457 bits per heavy atom. The number of hydrogen-bond acceptors (Lipinski definition) is 18. The normalized spacial score (nSPS) is 30.7. The molecule has 9 heterocycles. The van der Waals surface area contributed by atoms with Gasteiger partial charge in [-0.3, -0.25) is 14.4 Å². The minimum Gasteiger partial charge on any atom is -0.540 e. The van der Waals surface area contributed by atoms with Crippen molar-refractivity contribution in [3.05, 3.63) is 106 Å². The van der Waals surface area contributed by atoms with Crippen LogP contribution in [0, 0.1) is 63.4 Å². The second kappa shape index (κ2) is 40.0. The fourth-order valence-corrected chi connectivity index (χ4v) is 18.6. The molecular weight excluding hydrogens is 1820 g/mol. The van der Waals surface area contributed by atoms with Crippen molar-refractivity contribution in [3.63, 3.8) is 0 Å². The molecule has 6 aliphatic heterocycles. The largest absolute Gasteiger partial charge is 0.540 e. The minimum atomic E-state index is -3.32. The number of amides is 6. The van der Waals surface area contributed by atoms with Crippen LogP contribution in [0.2, 0.25) is 5.02 Å². The molecular formula is C93H111ClF8N9O15V3-3. The topological polar surface area (TPSA) is 293 Å². The van der Waals surface area contributed by atoms with Gasteiger partial charge in [-0.2, -0.15) is 0 Å². The van der Waals surface area contributed by atoms with Crippen LogP contribution in [-0.2, 0) is 116 Å². The predicted molar refractivity (Wildman–Crippen MR) is 450 cm³/mol. The molecule has 9 aliphatic rings. The molecule has 0 unspecified atom stereocenters. The summed E-state index contributed by atoms with van der Waals surface area (Å²) in [5.74, 6) is -15.2. The van der Waals surface area contributed by atoms with Crippen molar-refractivity contribution in [3.8, 4) is 17.6 Å². The standard InChI is InChI=1S/C32H39F3N3O5.C31H37F3N3O5.C30H35ClF2N3O5.3V/c1-6-21-24(17-39)38-16-25(21)42-27-22(13-18-10-11-20(33)14-23(18)36-27)32(34,35)12-8-7-9-19-15-31(19,5)43-29(41)37-26(28(38)40)30(2,3)4;1-17-23(16-38)37-15-24(17)41-26-21(12-18-9-10-20(32)13-22(18)35-26)31(33,34)11-7-6-8-19-14-30(19,5)42-28(40)36-25(27(37)39)29(2,3)4;1-16-22(15-37)36-14-24(16)40-26-20(11-17-8-9-19(31)13-21(17)34-26)30(32,33)10-6-5-7-18-12-23(18)41-28(39)35-25(27(36)38)29(2,3)4;;;/h10-11,13-14,19,21,24-26H,6-9,12,15-16H2,1-5H3,(H,37,41);9-10,12-13,17,19,23-25H,6-8,11,14-15H2,1-5H3,(H,36,40);8-9,11,13,16,18,22-25H,5-7,10,12,14H2,1-4H3,(H,35,39);;;/q3*-1;;;/t19-,21+,24-,25+,26-,31-;17-,19+,23+,24-,25+,30+;16-,18+,22+,23+,24-,25+;;;/m100.../s1. The molecule has 24 nitrogen and oxygen atoms in total. The van der Waals surface area contributed by atoms with E-state index in [1.807, 2.05) is 18.9 Å². The molecule has 129 heavy (non-hydrogen) atoms. The van der Waals surface area contributed by atoms with E-state index in [0.29, 0.717) is 90.9 Å².